The van der Waals surface area contributed by atoms with Crippen LogP contribution in [-0.2, 0) is 10.0 Å². The Bertz CT molecular complexity index is 1030. The Morgan fingerprint density at radius 3 is 2.79 bits per heavy atom. The Hall–Kier alpha value is -2.19. The van der Waals surface area contributed by atoms with Gasteiger partial charge in [0.1, 0.15) is 5.82 Å². The zero-order valence-electron chi connectivity index (χ0n) is 12.9. The number of sulfonamides is 1. The van der Waals surface area contributed by atoms with Crippen LogP contribution in [0.4, 0.5) is 0 Å². The van der Waals surface area contributed by atoms with Crippen molar-refractivity contribution in [3.8, 4) is 0 Å². The third-order valence-electron chi connectivity index (χ3n) is 4.18. The number of carbonyl (C=O) groups is 1. The van der Waals surface area contributed by atoms with Crippen molar-refractivity contribution in [3.05, 3.63) is 52.2 Å². The summed E-state index contributed by atoms with van der Waals surface area (Å²) < 4.78 is 28.6. The number of imidazole rings is 1. The molecule has 0 aliphatic heterocycles. The molecule has 3 aromatic heterocycles. The van der Waals surface area contributed by atoms with Crippen molar-refractivity contribution >= 4 is 32.8 Å². The number of aromatic nitrogens is 2. The second-order valence-corrected chi connectivity index (χ2v) is 8.34. The molecule has 0 aromatic carbocycles. The normalized spacial score (nSPS) is 14.9. The molecule has 8 heteroatoms. The molecule has 4 rings (SSSR count). The van der Waals surface area contributed by atoms with Gasteiger partial charge in [-0.1, -0.05) is 0 Å². The van der Waals surface area contributed by atoms with Crippen molar-refractivity contribution in [2.24, 2.45) is 0 Å². The lowest BCUT2D eigenvalue weighted by atomic mass is 10.2. The third-order valence-corrected chi connectivity index (χ3v) is 6.34. The summed E-state index contributed by atoms with van der Waals surface area (Å²) in [6.07, 6.45) is 3.98. The van der Waals surface area contributed by atoms with Crippen LogP contribution in [0.15, 0.2) is 40.1 Å². The fourth-order valence-electron chi connectivity index (χ4n) is 2.78. The number of hydrogen-bond donors (Lipinski definition) is 1. The van der Waals surface area contributed by atoms with Crippen molar-refractivity contribution in [1.29, 1.82) is 0 Å². The zero-order valence-corrected chi connectivity index (χ0v) is 14.5. The fourth-order valence-corrected chi connectivity index (χ4v) is 4.78. The van der Waals surface area contributed by atoms with Crippen molar-refractivity contribution in [3.63, 3.8) is 0 Å². The van der Waals surface area contributed by atoms with Crippen LogP contribution in [0, 0.1) is 6.92 Å². The molecule has 0 unspecified atom stereocenters. The molecule has 124 valence electrons. The summed E-state index contributed by atoms with van der Waals surface area (Å²) in [6, 6.07) is 4.90. The van der Waals surface area contributed by atoms with Crippen molar-refractivity contribution < 1.29 is 13.2 Å². The van der Waals surface area contributed by atoms with E-state index in [1.54, 1.807) is 23.7 Å². The van der Waals surface area contributed by atoms with Gasteiger partial charge in [-0.3, -0.25) is 9.20 Å². The minimum Gasteiger partial charge on any atom is -0.300 e. The average molecular weight is 361 g/mol. The molecule has 1 aliphatic rings. The summed E-state index contributed by atoms with van der Waals surface area (Å²) in [6.45, 7) is 1.81. The monoisotopic (exact) mass is 361 g/mol. The van der Waals surface area contributed by atoms with Gasteiger partial charge >= 0.3 is 0 Å². The van der Waals surface area contributed by atoms with E-state index in [1.165, 1.54) is 22.8 Å². The van der Waals surface area contributed by atoms with E-state index < -0.39 is 15.9 Å². The van der Waals surface area contributed by atoms with Crippen LogP contribution < -0.4 is 4.72 Å². The summed E-state index contributed by atoms with van der Waals surface area (Å²) in [5, 5.41) is 3.15. The Labute approximate surface area is 143 Å². The van der Waals surface area contributed by atoms with Gasteiger partial charge in [0.15, 0.2) is 0 Å². The maximum Gasteiger partial charge on any atom is 0.266 e. The van der Waals surface area contributed by atoms with Gasteiger partial charge in [0.2, 0.25) is 0 Å². The molecule has 1 N–H and O–H groups in total. The van der Waals surface area contributed by atoms with E-state index >= 15 is 0 Å². The quantitative estimate of drug-likeness (QED) is 0.775. The Kier molecular flexibility index (Phi) is 3.47. The summed E-state index contributed by atoms with van der Waals surface area (Å²) in [5.74, 6) is 0.743. The van der Waals surface area contributed by atoms with Gasteiger partial charge in [0, 0.05) is 17.0 Å². The lowest BCUT2D eigenvalue weighted by Crippen LogP contribution is -2.31. The van der Waals surface area contributed by atoms with Crippen LogP contribution in [0.3, 0.4) is 0 Å². The van der Waals surface area contributed by atoms with Gasteiger partial charge in [-0.05, 0) is 43.3 Å². The van der Waals surface area contributed by atoms with Gasteiger partial charge in [-0.2, -0.15) is 11.3 Å². The Morgan fingerprint density at radius 1 is 1.33 bits per heavy atom. The average Bonchev–Trinajstić information content (AvgIpc) is 3.05. The topological polar surface area (TPSA) is 80.5 Å². The molecule has 3 heterocycles. The molecule has 0 radical (unpaired) electrons. The lowest BCUT2D eigenvalue weighted by molar-refractivity contribution is 0.0980. The summed E-state index contributed by atoms with van der Waals surface area (Å²) in [4.78, 5) is 17.1. The second kappa shape index (κ2) is 5.42. The minimum atomic E-state index is -3.85. The van der Waals surface area contributed by atoms with Gasteiger partial charge < -0.3 is 0 Å². The summed E-state index contributed by atoms with van der Waals surface area (Å²) in [5.41, 5.74) is 1.94. The molecule has 0 atom stereocenters. The van der Waals surface area contributed by atoms with E-state index in [0.29, 0.717) is 17.2 Å². The van der Waals surface area contributed by atoms with Gasteiger partial charge in [-0.25, -0.2) is 18.1 Å². The molecule has 3 aromatic rings. The van der Waals surface area contributed by atoms with E-state index in [0.717, 1.165) is 24.2 Å². The van der Waals surface area contributed by atoms with E-state index in [2.05, 4.69) is 9.71 Å². The largest absolute Gasteiger partial charge is 0.300 e. The van der Waals surface area contributed by atoms with Gasteiger partial charge in [0.25, 0.3) is 15.9 Å². The molecule has 0 spiro atoms. The summed E-state index contributed by atoms with van der Waals surface area (Å²) >= 11 is 1.26. The molecule has 1 saturated carbocycles. The number of nitrogens with one attached hydrogen (secondary N) is 1. The number of thiophene rings is 1. The van der Waals surface area contributed by atoms with Crippen LogP contribution in [0.1, 0.15) is 40.6 Å². The second-order valence-electron chi connectivity index (χ2n) is 5.88. The molecule has 1 amide bonds. The predicted molar refractivity (Wildman–Crippen MR) is 90.9 cm³/mol. The van der Waals surface area contributed by atoms with E-state index in [-0.39, 0.29) is 4.90 Å². The Morgan fingerprint density at radius 2 is 2.12 bits per heavy atom. The van der Waals surface area contributed by atoms with E-state index in [4.69, 9.17) is 0 Å². The molecule has 6 nitrogen and oxygen atoms in total. The number of pyridine rings is 1. The third kappa shape index (κ3) is 2.51. The van der Waals surface area contributed by atoms with E-state index in [1.807, 2.05) is 11.3 Å². The molecule has 0 saturated heterocycles. The molecular weight excluding hydrogens is 346 g/mol. The molecule has 1 aliphatic carbocycles. The number of amides is 1. The first kappa shape index (κ1) is 15.3. The van der Waals surface area contributed by atoms with Crippen LogP contribution in [0.2, 0.25) is 0 Å². The van der Waals surface area contributed by atoms with Crippen molar-refractivity contribution in [1.82, 2.24) is 14.1 Å². The summed E-state index contributed by atoms with van der Waals surface area (Å²) in [7, 11) is -3.85. The first-order chi connectivity index (χ1) is 11.5. The number of carbonyl (C=O) groups excluding carboxylic acids is 1. The predicted octanol–water partition coefficient (Wildman–Crippen LogP) is 2.70. The van der Waals surface area contributed by atoms with Crippen molar-refractivity contribution in [2.75, 3.05) is 0 Å². The maximum absolute atomic E-state index is 12.5. The molecule has 0 bridgehead atoms. The number of aryl methyl sites for hydroxylation is 1. The number of hydrogen-bond acceptors (Lipinski definition) is 5. The van der Waals surface area contributed by atoms with E-state index in [9.17, 15) is 13.2 Å². The zero-order chi connectivity index (χ0) is 16.9. The molecule has 1 fully saturated rings. The number of rotatable bonds is 4. The van der Waals surface area contributed by atoms with Crippen LogP contribution in [0.25, 0.3) is 5.52 Å². The highest BCUT2D eigenvalue weighted by Gasteiger charge is 2.29. The minimum absolute atomic E-state index is 0.0980. The van der Waals surface area contributed by atoms with Gasteiger partial charge in [-0.15, -0.1) is 0 Å². The first-order valence-corrected chi connectivity index (χ1v) is 9.96. The maximum atomic E-state index is 12.5. The van der Waals surface area contributed by atoms with Gasteiger partial charge in [0.05, 0.1) is 22.2 Å². The van der Waals surface area contributed by atoms with Crippen LogP contribution in [-0.4, -0.2) is 23.7 Å². The fraction of sp³-hybridized carbons (Fsp3) is 0.250. The highest BCUT2D eigenvalue weighted by atomic mass is 32.2. The highest BCUT2D eigenvalue weighted by molar-refractivity contribution is 7.90. The van der Waals surface area contributed by atoms with Crippen molar-refractivity contribution in [2.45, 2.75) is 30.6 Å². The Balaban J connectivity index is 1.72. The smallest absolute Gasteiger partial charge is 0.266 e. The molecule has 24 heavy (non-hydrogen) atoms. The number of fused-ring (bicyclic) bond motifs is 1. The first-order valence-electron chi connectivity index (χ1n) is 7.53. The van der Waals surface area contributed by atoms with Crippen LogP contribution >= 0.6 is 11.3 Å². The molecular formula is C16H15N3O3S2. The highest BCUT2D eigenvalue weighted by Crippen LogP contribution is 2.39. The standard InChI is InChI=1S/C16H15N3O3S2/c1-10-14(16(20)18-24(21,22)13-6-7-23-9-13)5-4-12-8-17-15(19(10)12)11-2-3-11/h4-9,11H,2-3H2,1H3,(H,18,20). The SMILES string of the molecule is Cc1c(C(=O)NS(=O)(=O)c2ccsc2)ccc2cnc(C3CC3)n12. The van der Waals surface area contributed by atoms with Crippen LogP contribution in [0.5, 0.6) is 0 Å². The number of nitrogens with zero attached hydrogens (tertiary/aromatic N) is 2. The lowest BCUT2D eigenvalue weighted by Gasteiger charge is -2.11.